The number of aromatic nitrogens is 2. The number of anilines is 1. The summed E-state index contributed by atoms with van der Waals surface area (Å²) in [5.74, 6) is 0.330. The maximum Gasteiger partial charge on any atom is 0.220 e. The second kappa shape index (κ2) is 2.65. The fraction of sp³-hybridized carbons (Fsp3) is 0. The standard InChI is InChI=1S/C10H7N3S/c11-10-12-3-6-1-2-7-4-14-5-8(7)9(6)13-10/h1-5H,(H2,11,12,13). The van der Waals surface area contributed by atoms with Crippen LogP contribution in [0.2, 0.25) is 0 Å². The molecule has 0 fully saturated rings. The predicted molar refractivity (Wildman–Crippen MR) is 59.3 cm³/mol. The molecule has 3 nitrogen and oxygen atoms in total. The third kappa shape index (κ3) is 0.975. The molecular formula is C10H7N3S. The summed E-state index contributed by atoms with van der Waals surface area (Å²) in [6.07, 6.45) is 1.76. The SMILES string of the molecule is Nc1ncc2ccc3cscc3c2n1. The Morgan fingerprint density at radius 2 is 2.00 bits per heavy atom. The number of nitrogens with two attached hydrogens (primary N) is 1. The van der Waals surface area contributed by atoms with E-state index in [1.54, 1.807) is 17.5 Å². The van der Waals surface area contributed by atoms with E-state index in [0.717, 1.165) is 16.3 Å². The number of benzene rings is 1. The topological polar surface area (TPSA) is 51.8 Å². The Hall–Kier alpha value is -1.68. The smallest absolute Gasteiger partial charge is 0.220 e. The van der Waals surface area contributed by atoms with Crippen molar-refractivity contribution in [3.8, 4) is 0 Å². The third-order valence-electron chi connectivity index (χ3n) is 2.23. The molecule has 0 unspecified atom stereocenters. The average Bonchev–Trinajstić information content (AvgIpc) is 2.65. The van der Waals surface area contributed by atoms with Crippen molar-refractivity contribution >= 4 is 39.0 Å². The largest absolute Gasteiger partial charge is 0.368 e. The molecular weight excluding hydrogens is 194 g/mol. The normalized spacial score (nSPS) is 11.1. The molecule has 68 valence electrons. The first kappa shape index (κ1) is 7.70. The molecule has 2 N–H and O–H groups in total. The third-order valence-corrected chi connectivity index (χ3v) is 2.99. The van der Waals surface area contributed by atoms with Crippen LogP contribution in [0.1, 0.15) is 0 Å². The molecule has 0 bridgehead atoms. The van der Waals surface area contributed by atoms with E-state index in [2.05, 4.69) is 26.8 Å². The highest BCUT2D eigenvalue weighted by Gasteiger charge is 2.03. The molecule has 4 heteroatoms. The van der Waals surface area contributed by atoms with Crippen molar-refractivity contribution in [1.29, 1.82) is 0 Å². The van der Waals surface area contributed by atoms with E-state index in [-0.39, 0.29) is 0 Å². The van der Waals surface area contributed by atoms with Gasteiger partial charge in [-0.25, -0.2) is 9.97 Å². The van der Waals surface area contributed by atoms with E-state index in [9.17, 15) is 0 Å². The van der Waals surface area contributed by atoms with Crippen LogP contribution in [0.3, 0.4) is 0 Å². The van der Waals surface area contributed by atoms with Gasteiger partial charge in [0.25, 0.3) is 0 Å². The van der Waals surface area contributed by atoms with Crippen LogP contribution in [0.25, 0.3) is 21.7 Å². The minimum atomic E-state index is 0.330. The molecule has 14 heavy (non-hydrogen) atoms. The van der Waals surface area contributed by atoms with Crippen molar-refractivity contribution in [3.63, 3.8) is 0 Å². The van der Waals surface area contributed by atoms with Gasteiger partial charge in [-0.15, -0.1) is 0 Å². The summed E-state index contributed by atoms with van der Waals surface area (Å²) in [4.78, 5) is 8.22. The van der Waals surface area contributed by atoms with Gasteiger partial charge < -0.3 is 5.73 Å². The van der Waals surface area contributed by atoms with Crippen LogP contribution < -0.4 is 5.73 Å². The molecule has 0 saturated carbocycles. The van der Waals surface area contributed by atoms with Crippen molar-refractivity contribution in [1.82, 2.24) is 9.97 Å². The maximum absolute atomic E-state index is 5.56. The highest BCUT2D eigenvalue weighted by Crippen LogP contribution is 2.26. The Morgan fingerprint density at radius 3 is 2.93 bits per heavy atom. The summed E-state index contributed by atoms with van der Waals surface area (Å²) in [5.41, 5.74) is 6.51. The summed E-state index contributed by atoms with van der Waals surface area (Å²) in [5, 5.41) is 7.59. The van der Waals surface area contributed by atoms with Crippen molar-refractivity contribution in [3.05, 3.63) is 29.1 Å². The van der Waals surface area contributed by atoms with Gasteiger partial charge in [0.15, 0.2) is 0 Å². The molecule has 0 amide bonds. The van der Waals surface area contributed by atoms with E-state index >= 15 is 0 Å². The Balaban J connectivity index is 2.60. The van der Waals surface area contributed by atoms with Crippen LogP contribution in [0.15, 0.2) is 29.1 Å². The van der Waals surface area contributed by atoms with E-state index in [4.69, 9.17) is 5.73 Å². The first-order chi connectivity index (χ1) is 6.84. The predicted octanol–water partition coefficient (Wildman–Crippen LogP) is 2.43. The quantitative estimate of drug-likeness (QED) is 0.607. The lowest BCUT2D eigenvalue weighted by molar-refractivity contribution is 1.24. The molecule has 2 aromatic heterocycles. The van der Waals surface area contributed by atoms with Crippen LogP contribution >= 0.6 is 11.3 Å². The van der Waals surface area contributed by atoms with Crippen molar-refractivity contribution in [2.45, 2.75) is 0 Å². The van der Waals surface area contributed by atoms with Gasteiger partial charge in [-0.3, -0.25) is 0 Å². The van der Waals surface area contributed by atoms with Crippen LogP contribution in [-0.4, -0.2) is 9.97 Å². The Labute approximate surface area is 84.2 Å². The molecule has 3 aromatic rings. The molecule has 0 spiro atoms. The van der Waals surface area contributed by atoms with Gasteiger partial charge in [-0.2, -0.15) is 11.3 Å². The number of fused-ring (bicyclic) bond motifs is 3. The minimum Gasteiger partial charge on any atom is -0.368 e. The van der Waals surface area contributed by atoms with Crippen molar-refractivity contribution in [2.75, 3.05) is 5.73 Å². The first-order valence-corrected chi connectivity index (χ1v) is 5.16. The molecule has 0 aliphatic rings. The second-order valence-electron chi connectivity index (χ2n) is 3.11. The molecule has 3 rings (SSSR count). The second-order valence-corrected chi connectivity index (χ2v) is 3.85. The molecule has 0 atom stereocenters. The number of thiophene rings is 1. The number of rotatable bonds is 0. The fourth-order valence-corrected chi connectivity index (χ4v) is 2.35. The summed E-state index contributed by atoms with van der Waals surface area (Å²) >= 11 is 1.67. The molecule has 0 radical (unpaired) electrons. The van der Waals surface area contributed by atoms with Crippen LogP contribution in [0.5, 0.6) is 0 Å². The Kier molecular flexibility index (Phi) is 1.46. The minimum absolute atomic E-state index is 0.330. The monoisotopic (exact) mass is 201 g/mol. The molecule has 2 heterocycles. The zero-order valence-corrected chi connectivity index (χ0v) is 8.08. The van der Waals surface area contributed by atoms with Gasteiger partial charge in [0.1, 0.15) is 0 Å². The van der Waals surface area contributed by atoms with Gasteiger partial charge in [0.05, 0.1) is 5.52 Å². The van der Waals surface area contributed by atoms with Gasteiger partial charge in [-0.1, -0.05) is 12.1 Å². The highest BCUT2D eigenvalue weighted by atomic mass is 32.1. The first-order valence-electron chi connectivity index (χ1n) is 4.22. The molecule has 1 aromatic carbocycles. The lowest BCUT2D eigenvalue weighted by Crippen LogP contribution is -1.93. The van der Waals surface area contributed by atoms with Gasteiger partial charge in [-0.05, 0) is 10.8 Å². The van der Waals surface area contributed by atoms with E-state index in [1.807, 2.05) is 6.07 Å². The Bertz CT molecular complexity index is 615. The summed E-state index contributed by atoms with van der Waals surface area (Å²) in [6, 6.07) is 4.09. The summed E-state index contributed by atoms with van der Waals surface area (Å²) < 4.78 is 0. The zero-order chi connectivity index (χ0) is 9.54. The molecule has 0 aliphatic carbocycles. The lowest BCUT2D eigenvalue weighted by atomic mass is 10.1. The van der Waals surface area contributed by atoms with E-state index in [0.29, 0.717) is 5.95 Å². The Morgan fingerprint density at radius 1 is 1.14 bits per heavy atom. The van der Waals surface area contributed by atoms with Gasteiger partial charge in [0.2, 0.25) is 5.95 Å². The maximum atomic E-state index is 5.56. The van der Waals surface area contributed by atoms with Crippen LogP contribution in [0.4, 0.5) is 5.95 Å². The summed E-state index contributed by atoms with van der Waals surface area (Å²) in [7, 11) is 0. The number of hydrogen-bond acceptors (Lipinski definition) is 4. The number of nitrogen functional groups attached to an aromatic ring is 1. The lowest BCUT2D eigenvalue weighted by Gasteiger charge is -1.98. The summed E-state index contributed by atoms with van der Waals surface area (Å²) in [6.45, 7) is 0. The van der Waals surface area contributed by atoms with Gasteiger partial charge >= 0.3 is 0 Å². The highest BCUT2D eigenvalue weighted by molar-refractivity contribution is 7.09. The van der Waals surface area contributed by atoms with Crippen LogP contribution in [-0.2, 0) is 0 Å². The zero-order valence-electron chi connectivity index (χ0n) is 7.27. The van der Waals surface area contributed by atoms with Crippen molar-refractivity contribution < 1.29 is 0 Å². The van der Waals surface area contributed by atoms with Gasteiger partial charge in [0, 0.05) is 22.3 Å². The van der Waals surface area contributed by atoms with E-state index < -0.39 is 0 Å². The van der Waals surface area contributed by atoms with Crippen molar-refractivity contribution in [2.24, 2.45) is 0 Å². The molecule has 0 saturated heterocycles. The average molecular weight is 201 g/mol. The number of nitrogens with zero attached hydrogens (tertiary/aromatic N) is 2. The van der Waals surface area contributed by atoms with Crippen LogP contribution in [0, 0.1) is 0 Å². The number of hydrogen-bond donors (Lipinski definition) is 1. The van der Waals surface area contributed by atoms with E-state index in [1.165, 1.54) is 5.39 Å². The molecule has 0 aliphatic heterocycles. The fourth-order valence-electron chi connectivity index (χ4n) is 1.55.